The molecule has 3 aromatic rings. The van der Waals surface area contributed by atoms with E-state index in [1.807, 2.05) is 79.7 Å². The predicted octanol–water partition coefficient (Wildman–Crippen LogP) is 6.20. The van der Waals surface area contributed by atoms with Crippen LogP contribution in [0.2, 0.25) is 0 Å². The van der Waals surface area contributed by atoms with Gasteiger partial charge in [0.2, 0.25) is 5.91 Å². The number of ether oxygens (including phenoxy) is 1. The summed E-state index contributed by atoms with van der Waals surface area (Å²) in [6.07, 6.45) is 4.68. The molecule has 0 spiro atoms. The van der Waals surface area contributed by atoms with Crippen LogP contribution in [0.15, 0.2) is 78.9 Å². The second kappa shape index (κ2) is 13.3. The maximum absolute atomic E-state index is 13.8. The average Bonchev–Trinajstić information content (AvgIpc) is 3.43. The van der Waals surface area contributed by atoms with Crippen LogP contribution in [0.25, 0.3) is 0 Å². The zero-order valence-corrected chi connectivity index (χ0v) is 22.9. The number of hydrogen-bond donors (Lipinski definition) is 1. The van der Waals surface area contributed by atoms with E-state index in [1.54, 1.807) is 4.90 Å². The summed E-state index contributed by atoms with van der Waals surface area (Å²) < 4.78 is 5.94. The number of nitrogens with one attached hydrogen (secondary N) is 1. The molecule has 0 radical (unpaired) electrons. The largest absolute Gasteiger partial charge is 0.484 e. The maximum Gasteiger partial charge on any atom is 0.261 e. The molecule has 5 heteroatoms. The zero-order valence-electron chi connectivity index (χ0n) is 22.9. The van der Waals surface area contributed by atoms with Crippen molar-refractivity contribution in [1.82, 2.24) is 10.2 Å². The number of aryl methyl sites for hydroxylation is 1. The molecule has 1 N–H and O–H groups in total. The molecule has 1 atom stereocenters. The van der Waals surface area contributed by atoms with Gasteiger partial charge >= 0.3 is 0 Å². The standard InChI is InChI=1S/C33H40N2O3/c1-24(2)28-16-18-30(19-17-28)38-23-32(36)35(22-27-13-9-10-25(3)20-27)31(21-26-11-5-4-6-12-26)33(37)34-29-14-7-8-15-29/h4-6,9-13,16-20,24,29,31H,7-8,14-15,21-23H2,1-3H3,(H,34,37). The van der Waals surface area contributed by atoms with Gasteiger partial charge in [0.25, 0.3) is 5.91 Å². The van der Waals surface area contributed by atoms with Gasteiger partial charge in [-0.25, -0.2) is 0 Å². The first-order chi connectivity index (χ1) is 18.4. The highest BCUT2D eigenvalue weighted by molar-refractivity contribution is 5.88. The molecule has 2 amide bonds. The third kappa shape index (κ3) is 7.70. The van der Waals surface area contributed by atoms with Crippen LogP contribution in [0.5, 0.6) is 5.75 Å². The normalized spacial score (nSPS) is 14.3. The lowest BCUT2D eigenvalue weighted by Gasteiger charge is -2.32. The van der Waals surface area contributed by atoms with E-state index < -0.39 is 6.04 Å². The smallest absolute Gasteiger partial charge is 0.261 e. The summed E-state index contributed by atoms with van der Waals surface area (Å²) in [5.41, 5.74) is 4.35. The third-order valence-electron chi connectivity index (χ3n) is 7.32. The van der Waals surface area contributed by atoms with Crippen LogP contribution in [-0.2, 0) is 22.6 Å². The monoisotopic (exact) mass is 512 g/mol. The molecule has 4 rings (SSSR count). The molecule has 1 aliphatic carbocycles. The minimum Gasteiger partial charge on any atom is -0.484 e. The average molecular weight is 513 g/mol. The van der Waals surface area contributed by atoms with Crippen LogP contribution >= 0.6 is 0 Å². The van der Waals surface area contributed by atoms with E-state index >= 15 is 0 Å². The van der Waals surface area contributed by atoms with Gasteiger partial charge < -0.3 is 15.0 Å². The minimum atomic E-state index is -0.641. The van der Waals surface area contributed by atoms with Crippen molar-refractivity contribution < 1.29 is 14.3 Å². The first-order valence-electron chi connectivity index (χ1n) is 13.8. The number of hydrogen-bond acceptors (Lipinski definition) is 3. The van der Waals surface area contributed by atoms with Gasteiger partial charge in [0.15, 0.2) is 6.61 Å². The van der Waals surface area contributed by atoms with Crippen LogP contribution in [0.4, 0.5) is 0 Å². The number of nitrogens with zero attached hydrogens (tertiary/aromatic N) is 1. The van der Waals surface area contributed by atoms with Crippen molar-refractivity contribution in [2.24, 2.45) is 0 Å². The third-order valence-corrected chi connectivity index (χ3v) is 7.32. The Morgan fingerprint density at radius 1 is 0.921 bits per heavy atom. The molecule has 0 bridgehead atoms. The molecule has 0 saturated heterocycles. The quantitative estimate of drug-likeness (QED) is 0.333. The molecular weight excluding hydrogens is 472 g/mol. The van der Waals surface area contributed by atoms with Crippen molar-refractivity contribution in [3.05, 3.63) is 101 Å². The fraction of sp³-hybridized carbons (Fsp3) is 0.394. The van der Waals surface area contributed by atoms with Gasteiger partial charge in [-0.05, 0) is 54.5 Å². The summed E-state index contributed by atoms with van der Waals surface area (Å²) in [6, 6.07) is 25.4. The molecule has 3 aromatic carbocycles. The lowest BCUT2D eigenvalue weighted by molar-refractivity contribution is -0.143. The fourth-order valence-corrected chi connectivity index (χ4v) is 5.11. The molecule has 0 heterocycles. The molecule has 0 aliphatic heterocycles. The summed E-state index contributed by atoms with van der Waals surface area (Å²) in [4.78, 5) is 29.2. The number of carbonyl (C=O) groups excluding carboxylic acids is 2. The molecule has 1 aliphatic rings. The highest BCUT2D eigenvalue weighted by atomic mass is 16.5. The van der Waals surface area contributed by atoms with Gasteiger partial charge in [0, 0.05) is 19.0 Å². The molecule has 38 heavy (non-hydrogen) atoms. The Balaban J connectivity index is 1.59. The molecule has 1 saturated carbocycles. The zero-order chi connectivity index (χ0) is 26.9. The van der Waals surface area contributed by atoms with E-state index in [4.69, 9.17) is 4.74 Å². The Morgan fingerprint density at radius 3 is 2.26 bits per heavy atom. The summed E-state index contributed by atoms with van der Waals surface area (Å²) in [6.45, 7) is 6.53. The Hall–Kier alpha value is -3.60. The maximum atomic E-state index is 13.8. The van der Waals surface area contributed by atoms with Gasteiger partial charge in [-0.15, -0.1) is 0 Å². The Morgan fingerprint density at radius 2 is 1.61 bits per heavy atom. The molecule has 1 unspecified atom stereocenters. The highest BCUT2D eigenvalue weighted by Crippen LogP contribution is 2.22. The molecule has 1 fully saturated rings. The van der Waals surface area contributed by atoms with Gasteiger partial charge in [0.1, 0.15) is 11.8 Å². The number of carbonyl (C=O) groups is 2. The summed E-state index contributed by atoms with van der Waals surface area (Å²) in [7, 11) is 0. The van der Waals surface area contributed by atoms with Crippen molar-refractivity contribution in [3.8, 4) is 5.75 Å². The van der Waals surface area contributed by atoms with Crippen LogP contribution in [0.1, 0.15) is 67.7 Å². The van der Waals surface area contributed by atoms with Crippen molar-refractivity contribution in [2.75, 3.05) is 6.61 Å². The number of amides is 2. The highest BCUT2D eigenvalue weighted by Gasteiger charge is 2.32. The van der Waals surface area contributed by atoms with E-state index in [0.29, 0.717) is 24.6 Å². The Kier molecular flexibility index (Phi) is 9.58. The van der Waals surface area contributed by atoms with Gasteiger partial charge in [-0.2, -0.15) is 0 Å². The predicted molar refractivity (Wildman–Crippen MR) is 152 cm³/mol. The topological polar surface area (TPSA) is 58.6 Å². The van der Waals surface area contributed by atoms with Crippen LogP contribution in [-0.4, -0.2) is 35.4 Å². The van der Waals surface area contributed by atoms with Gasteiger partial charge in [0.05, 0.1) is 0 Å². The number of rotatable bonds is 11. The first-order valence-corrected chi connectivity index (χ1v) is 13.8. The van der Waals surface area contributed by atoms with E-state index in [1.165, 1.54) is 5.56 Å². The molecule has 200 valence electrons. The Bertz CT molecular complexity index is 1180. The molecule has 0 aromatic heterocycles. The fourth-order valence-electron chi connectivity index (χ4n) is 5.11. The van der Waals surface area contributed by atoms with Crippen molar-refractivity contribution in [3.63, 3.8) is 0 Å². The lowest BCUT2D eigenvalue weighted by atomic mass is 10.0. The van der Waals surface area contributed by atoms with E-state index in [-0.39, 0.29) is 24.5 Å². The van der Waals surface area contributed by atoms with Crippen molar-refractivity contribution >= 4 is 11.8 Å². The molecular formula is C33H40N2O3. The lowest BCUT2D eigenvalue weighted by Crippen LogP contribution is -2.53. The van der Waals surface area contributed by atoms with Crippen molar-refractivity contribution in [2.45, 2.75) is 77.4 Å². The first kappa shape index (κ1) is 27.4. The summed E-state index contributed by atoms with van der Waals surface area (Å²) in [5, 5.41) is 3.25. The van der Waals surface area contributed by atoms with Gasteiger partial charge in [-0.1, -0.05) is 99.0 Å². The molecule has 5 nitrogen and oxygen atoms in total. The minimum absolute atomic E-state index is 0.0944. The second-order valence-corrected chi connectivity index (χ2v) is 10.7. The van der Waals surface area contributed by atoms with Crippen molar-refractivity contribution in [1.29, 1.82) is 0 Å². The van der Waals surface area contributed by atoms with Gasteiger partial charge in [-0.3, -0.25) is 9.59 Å². The van der Waals surface area contributed by atoms with Crippen LogP contribution < -0.4 is 10.1 Å². The summed E-state index contributed by atoms with van der Waals surface area (Å²) >= 11 is 0. The SMILES string of the molecule is Cc1cccc(CN(C(=O)COc2ccc(C(C)C)cc2)C(Cc2ccccc2)C(=O)NC2CCCC2)c1. The van der Waals surface area contributed by atoms with E-state index in [2.05, 4.69) is 25.2 Å². The van der Waals surface area contributed by atoms with Crippen LogP contribution in [0.3, 0.4) is 0 Å². The van der Waals surface area contributed by atoms with E-state index in [0.717, 1.165) is 42.4 Å². The van der Waals surface area contributed by atoms with E-state index in [9.17, 15) is 9.59 Å². The summed E-state index contributed by atoms with van der Waals surface area (Å²) in [5.74, 6) is 0.769. The van der Waals surface area contributed by atoms with Crippen LogP contribution in [0, 0.1) is 6.92 Å². The number of benzene rings is 3. The Labute approximate surface area is 227 Å². The second-order valence-electron chi connectivity index (χ2n) is 10.7.